The molecule has 1 aromatic heterocycles. The van der Waals surface area contributed by atoms with Crippen molar-refractivity contribution in [2.75, 3.05) is 11.9 Å². The molecule has 2 amide bonds. The van der Waals surface area contributed by atoms with Crippen LogP contribution >= 0.6 is 11.8 Å². The molecule has 1 aromatic carbocycles. The third kappa shape index (κ3) is 5.32. The molecule has 0 saturated carbocycles. The smallest absolute Gasteiger partial charge is 0.336 e. The first kappa shape index (κ1) is 16.2. The van der Waals surface area contributed by atoms with Crippen molar-refractivity contribution in [3.05, 3.63) is 43.0 Å². The average molecular weight is 330 g/mol. The Labute approximate surface area is 128 Å². The number of aromatic nitrogens is 2. The Morgan fingerprint density at radius 2 is 2.09 bits per heavy atom. The number of benzene rings is 1. The largest absolute Gasteiger partial charge is 0.446 e. The van der Waals surface area contributed by atoms with Gasteiger partial charge in [0.2, 0.25) is 0 Å². The van der Waals surface area contributed by atoms with E-state index >= 15 is 0 Å². The fraction of sp³-hybridized carbons (Fsp3) is 0.231. The van der Waals surface area contributed by atoms with E-state index in [1.165, 1.54) is 18.2 Å². The molecule has 5 nitrogen and oxygen atoms in total. The van der Waals surface area contributed by atoms with E-state index in [-0.39, 0.29) is 22.3 Å². The molecule has 2 rings (SSSR count). The summed E-state index contributed by atoms with van der Waals surface area (Å²) < 4.78 is 39.1. The molecule has 0 aliphatic rings. The summed E-state index contributed by atoms with van der Waals surface area (Å²) in [6.07, 6.45) is 4.97. The fourth-order valence-corrected chi connectivity index (χ4v) is 2.29. The minimum atomic E-state index is -4.41. The van der Waals surface area contributed by atoms with Gasteiger partial charge in [-0.3, -0.25) is 0 Å². The lowest BCUT2D eigenvalue weighted by Gasteiger charge is -2.13. The number of hydrogen-bond acceptors (Lipinski definition) is 3. The molecule has 22 heavy (non-hydrogen) atoms. The molecule has 0 spiro atoms. The van der Waals surface area contributed by atoms with E-state index in [1.54, 1.807) is 29.4 Å². The fourth-order valence-electron chi connectivity index (χ4n) is 1.67. The summed E-state index contributed by atoms with van der Waals surface area (Å²) in [5, 5.41) is 4.99. The molecule has 118 valence electrons. The molecule has 0 bridgehead atoms. The van der Waals surface area contributed by atoms with Crippen LogP contribution in [-0.2, 0) is 6.54 Å². The summed E-state index contributed by atoms with van der Waals surface area (Å²) in [4.78, 5) is 15.5. The summed E-state index contributed by atoms with van der Waals surface area (Å²) in [7, 11) is 0. The van der Waals surface area contributed by atoms with Crippen LogP contribution in [0.4, 0.5) is 23.7 Å². The average Bonchev–Trinajstić information content (AvgIpc) is 2.92. The van der Waals surface area contributed by atoms with Gasteiger partial charge in [0.1, 0.15) is 0 Å². The minimum Gasteiger partial charge on any atom is -0.336 e. The van der Waals surface area contributed by atoms with Crippen molar-refractivity contribution >= 4 is 23.5 Å². The Morgan fingerprint density at radius 3 is 2.77 bits per heavy atom. The zero-order valence-electron chi connectivity index (χ0n) is 11.3. The van der Waals surface area contributed by atoms with Crippen molar-refractivity contribution in [2.24, 2.45) is 0 Å². The van der Waals surface area contributed by atoms with Crippen molar-refractivity contribution in [1.29, 1.82) is 0 Å². The molecule has 2 aromatic rings. The number of urea groups is 1. The first-order chi connectivity index (χ1) is 10.4. The Balaban J connectivity index is 1.88. The van der Waals surface area contributed by atoms with Gasteiger partial charge in [-0.05, 0) is 23.9 Å². The van der Waals surface area contributed by atoms with Gasteiger partial charge >= 0.3 is 11.5 Å². The van der Waals surface area contributed by atoms with Gasteiger partial charge in [-0.1, -0.05) is 12.1 Å². The number of nitrogens with zero attached hydrogens (tertiary/aromatic N) is 2. The Kier molecular flexibility index (Phi) is 5.31. The summed E-state index contributed by atoms with van der Waals surface area (Å²) >= 11 is -0.264. The number of para-hydroxylation sites is 1. The van der Waals surface area contributed by atoms with Crippen LogP contribution in [0.25, 0.3) is 0 Å². The highest BCUT2D eigenvalue weighted by Crippen LogP contribution is 2.40. The van der Waals surface area contributed by atoms with Crippen LogP contribution < -0.4 is 10.6 Å². The molecule has 9 heteroatoms. The number of anilines is 1. The maximum atomic E-state index is 12.4. The monoisotopic (exact) mass is 330 g/mol. The Hall–Kier alpha value is -2.16. The molecule has 0 unspecified atom stereocenters. The van der Waals surface area contributed by atoms with Crippen LogP contribution in [0.1, 0.15) is 0 Å². The second kappa shape index (κ2) is 7.21. The van der Waals surface area contributed by atoms with Crippen molar-refractivity contribution < 1.29 is 18.0 Å². The Bertz CT molecular complexity index is 616. The molecule has 1 heterocycles. The molecule has 2 N–H and O–H groups in total. The lowest BCUT2D eigenvalue weighted by atomic mass is 10.3. The van der Waals surface area contributed by atoms with Gasteiger partial charge < -0.3 is 15.2 Å². The van der Waals surface area contributed by atoms with E-state index in [1.807, 2.05) is 0 Å². The number of alkyl halides is 3. The van der Waals surface area contributed by atoms with Gasteiger partial charge in [-0.2, -0.15) is 13.2 Å². The highest BCUT2D eigenvalue weighted by molar-refractivity contribution is 8.00. The lowest BCUT2D eigenvalue weighted by Crippen LogP contribution is -2.31. The topological polar surface area (TPSA) is 59.0 Å². The molecule has 0 atom stereocenters. The zero-order valence-corrected chi connectivity index (χ0v) is 12.1. The van der Waals surface area contributed by atoms with E-state index in [2.05, 4.69) is 15.6 Å². The number of halogens is 3. The van der Waals surface area contributed by atoms with Crippen LogP contribution in [0.2, 0.25) is 0 Å². The van der Waals surface area contributed by atoms with E-state index in [4.69, 9.17) is 0 Å². The number of amides is 2. The highest BCUT2D eigenvalue weighted by atomic mass is 32.2. The first-order valence-electron chi connectivity index (χ1n) is 6.29. The Morgan fingerprint density at radius 1 is 1.32 bits per heavy atom. The molecular formula is C13H13F3N4OS. The van der Waals surface area contributed by atoms with Gasteiger partial charge in [0.15, 0.2) is 0 Å². The molecular weight excluding hydrogens is 317 g/mol. The SMILES string of the molecule is O=C(NCCn1ccnc1)Nc1ccccc1SC(F)(F)F. The second-order valence-corrected chi connectivity index (χ2v) is 5.33. The molecule has 0 aliphatic carbocycles. The highest BCUT2D eigenvalue weighted by Gasteiger charge is 2.30. The second-order valence-electron chi connectivity index (χ2n) is 4.23. The summed E-state index contributed by atoms with van der Waals surface area (Å²) in [5.41, 5.74) is -4.29. The molecule has 0 saturated heterocycles. The van der Waals surface area contributed by atoms with Gasteiger partial charge in [0.25, 0.3) is 0 Å². The molecule has 0 radical (unpaired) electrons. The van der Waals surface area contributed by atoms with E-state index in [0.717, 1.165) is 0 Å². The van der Waals surface area contributed by atoms with Crippen molar-refractivity contribution in [3.8, 4) is 0 Å². The van der Waals surface area contributed by atoms with E-state index < -0.39 is 11.5 Å². The maximum Gasteiger partial charge on any atom is 0.446 e. The maximum absolute atomic E-state index is 12.4. The van der Waals surface area contributed by atoms with Crippen LogP contribution in [-0.4, -0.2) is 27.6 Å². The number of rotatable bonds is 5. The lowest BCUT2D eigenvalue weighted by molar-refractivity contribution is -0.0328. The predicted octanol–water partition coefficient (Wildman–Crippen LogP) is 3.32. The van der Waals surface area contributed by atoms with Crippen molar-refractivity contribution in [2.45, 2.75) is 16.9 Å². The van der Waals surface area contributed by atoms with Gasteiger partial charge in [-0.15, -0.1) is 0 Å². The van der Waals surface area contributed by atoms with Gasteiger partial charge in [0, 0.05) is 30.4 Å². The quantitative estimate of drug-likeness (QED) is 0.827. The third-order valence-corrected chi connectivity index (χ3v) is 3.38. The number of carbonyl (C=O) groups excluding carboxylic acids is 1. The van der Waals surface area contributed by atoms with Gasteiger partial charge in [-0.25, -0.2) is 9.78 Å². The third-order valence-electron chi connectivity index (χ3n) is 2.58. The van der Waals surface area contributed by atoms with Gasteiger partial charge in [0.05, 0.1) is 12.0 Å². The normalized spacial score (nSPS) is 11.2. The first-order valence-corrected chi connectivity index (χ1v) is 7.11. The van der Waals surface area contributed by atoms with Crippen molar-refractivity contribution in [1.82, 2.24) is 14.9 Å². The zero-order chi connectivity index (χ0) is 16.0. The van der Waals surface area contributed by atoms with E-state index in [0.29, 0.717) is 13.1 Å². The number of thioether (sulfide) groups is 1. The van der Waals surface area contributed by atoms with E-state index in [9.17, 15) is 18.0 Å². The van der Waals surface area contributed by atoms with Crippen LogP contribution in [0, 0.1) is 0 Å². The summed E-state index contributed by atoms with van der Waals surface area (Å²) in [6, 6.07) is 5.20. The summed E-state index contributed by atoms with van der Waals surface area (Å²) in [5.74, 6) is 0. The summed E-state index contributed by atoms with van der Waals surface area (Å²) in [6.45, 7) is 0.850. The standard InChI is InChI=1S/C13H13F3N4OS/c14-13(15,16)22-11-4-2-1-3-10(11)19-12(21)18-6-8-20-7-5-17-9-20/h1-5,7,9H,6,8H2,(H2,18,19,21). The van der Waals surface area contributed by atoms with Crippen LogP contribution in [0.5, 0.6) is 0 Å². The predicted molar refractivity (Wildman–Crippen MR) is 77.6 cm³/mol. The number of hydrogen-bond donors (Lipinski definition) is 2. The molecule has 0 aliphatic heterocycles. The number of imidazole rings is 1. The number of carbonyl (C=O) groups is 1. The molecule has 0 fully saturated rings. The number of nitrogens with one attached hydrogen (secondary N) is 2. The minimum absolute atomic E-state index is 0.0558. The van der Waals surface area contributed by atoms with Crippen molar-refractivity contribution in [3.63, 3.8) is 0 Å². The van der Waals surface area contributed by atoms with Crippen LogP contribution in [0.15, 0.2) is 47.9 Å². The van der Waals surface area contributed by atoms with Crippen LogP contribution in [0.3, 0.4) is 0 Å².